The fourth-order valence-corrected chi connectivity index (χ4v) is 11.1. The Labute approximate surface area is 218 Å². The van der Waals surface area contributed by atoms with Gasteiger partial charge in [-0.25, -0.2) is 0 Å². The molecule has 0 unspecified atom stereocenters. The molecule has 0 aromatic carbocycles. The molecule has 5 heteroatoms. The Morgan fingerprint density at radius 1 is 1.03 bits per heavy atom. The molecular weight excluding hydrogens is 452 g/mol. The molecule has 5 aliphatic rings. The van der Waals surface area contributed by atoms with Crippen LogP contribution in [0.2, 0.25) is 0 Å². The van der Waals surface area contributed by atoms with Crippen LogP contribution in [0.15, 0.2) is 12.2 Å². The second kappa shape index (κ2) is 8.05. The maximum atomic E-state index is 12.5. The van der Waals surface area contributed by atoms with E-state index in [-0.39, 0.29) is 39.6 Å². The molecule has 2 spiro atoms. The summed E-state index contributed by atoms with van der Waals surface area (Å²) in [5, 5.41) is 32.6. The lowest BCUT2D eigenvalue weighted by molar-refractivity contribution is -0.210. The summed E-state index contributed by atoms with van der Waals surface area (Å²) in [5.41, 5.74) is -1.21. The number of hydrogen-bond acceptors (Lipinski definition) is 4. The van der Waals surface area contributed by atoms with Gasteiger partial charge in [-0.3, -0.25) is 4.79 Å². The Morgan fingerprint density at radius 3 is 2.33 bits per heavy atom. The van der Waals surface area contributed by atoms with Crippen molar-refractivity contribution in [2.75, 3.05) is 7.11 Å². The van der Waals surface area contributed by atoms with Crippen molar-refractivity contribution in [1.82, 2.24) is 0 Å². The lowest BCUT2D eigenvalue weighted by Crippen LogP contribution is -2.63. The van der Waals surface area contributed by atoms with Gasteiger partial charge in [-0.05, 0) is 112 Å². The van der Waals surface area contributed by atoms with Crippen molar-refractivity contribution in [2.24, 2.45) is 50.7 Å². The van der Waals surface area contributed by atoms with Gasteiger partial charge < -0.3 is 20.1 Å². The molecule has 0 bridgehead atoms. The monoisotopic (exact) mass is 502 g/mol. The Balaban J connectivity index is 1.42. The zero-order valence-electron chi connectivity index (χ0n) is 23.6. The Kier molecular flexibility index (Phi) is 5.97. The van der Waals surface area contributed by atoms with Gasteiger partial charge >= 0.3 is 5.97 Å². The summed E-state index contributed by atoms with van der Waals surface area (Å²) in [5.74, 6) is 0.770. The molecule has 5 aliphatic carbocycles. The molecule has 3 N–H and O–H groups in total. The number of carbonyl (C=O) groups is 1. The van der Waals surface area contributed by atoms with Gasteiger partial charge in [0.2, 0.25) is 0 Å². The van der Waals surface area contributed by atoms with E-state index in [4.69, 9.17) is 4.74 Å². The van der Waals surface area contributed by atoms with Crippen LogP contribution in [0.5, 0.6) is 0 Å². The number of aliphatic carboxylic acids is 1. The first-order chi connectivity index (χ1) is 16.7. The second-order valence-corrected chi connectivity index (χ2v) is 14.8. The van der Waals surface area contributed by atoms with Gasteiger partial charge in [0.15, 0.2) is 0 Å². The first kappa shape index (κ1) is 26.7. The van der Waals surface area contributed by atoms with Crippen LogP contribution in [0.1, 0.15) is 99.3 Å². The number of allylic oxidation sites excluding steroid dienone is 1. The highest BCUT2D eigenvalue weighted by atomic mass is 16.5. The third kappa shape index (κ3) is 3.09. The highest BCUT2D eigenvalue weighted by molar-refractivity contribution is 5.76. The zero-order valence-corrected chi connectivity index (χ0v) is 23.6. The summed E-state index contributed by atoms with van der Waals surface area (Å²) in [6.07, 6.45) is 11.7. The number of hydrogen-bond donors (Lipinski definition) is 3. The highest BCUT2D eigenvalue weighted by Gasteiger charge is 2.85. The van der Waals surface area contributed by atoms with Crippen molar-refractivity contribution < 1.29 is 24.9 Å². The van der Waals surface area contributed by atoms with Crippen molar-refractivity contribution in [3.05, 3.63) is 12.2 Å². The minimum atomic E-state index is -1.16. The van der Waals surface area contributed by atoms with Crippen LogP contribution in [0.25, 0.3) is 0 Å². The van der Waals surface area contributed by atoms with Crippen LogP contribution >= 0.6 is 0 Å². The van der Waals surface area contributed by atoms with Crippen molar-refractivity contribution >= 4 is 5.97 Å². The van der Waals surface area contributed by atoms with Crippen molar-refractivity contribution in [1.29, 1.82) is 0 Å². The van der Waals surface area contributed by atoms with E-state index in [2.05, 4.69) is 46.8 Å². The van der Waals surface area contributed by atoms with Gasteiger partial charge in [-0.15, -0.1) is 0 Å². The van der Waals surface area contributed by atoms with E-state index in [0.717, 1.165) is 38.5 Å². The predicted molar refractivity (Wildman–Crippen MR) is 140 cm³/mol. The lowest BCUT2D eigenvalue weighted by Gasteiger charge is -2.63. The van der Waals surface area contributed by atoms with Crippen molar-refractivity contribution in [2.45, 2.75) is 117 Å². The van der Waals surface area contributed by atoms with Crippen molar-refractivity contribution in [3.8, 4) is 0 Å². The van der Waals surface area contributed by atoms with Crippen LogP contribution in [-0.2, 0) is 9.53 Å². The molecule has 0 amide bonds. The summed E-state index contributed by atoms with van der Waals surface area (Å²) in [7, 11) is 1.76. The topological polar surface area (TPSA) is 87.0 Å². The molecule has 204 valence electrons. The number of carboxylic acid groups (broad SMARTS) is 1. The van der Waals surface area contributed by atoms with Gasteiger partial charge in [-0.1, -0.05) is 32.9 Å². The average Bonchev–Trinajstić information content (AvgIpc) is 3.42. The van der Waals surface area contributed by atoms with Crippen LogP contribution in [0, 0.1) is 50.7 Å². The van der Waals surface area contributed by atoms with Crippen LogP contribution in [0.3, 0.4) is 0 Å². The second-order valence-electron chi connectivity index (χ2n) is 14.8. The molecular formula is C31H50O5. The van der Waals surface area contributed by atoms with E-state index in [1.54, 1.807) is 14.0 Å². The number of aliphatic hydroxyl groups excluding tert-OH is 2. The molecule has 0 aromatic rings. The van der Waals surface area contributed by atoms with E-state index < -0.39 is 23.6 Å². The molecule has 0 aliphatic heterocycles. The zero-order chi connectivity index (χ0) is 26.5. The number of fused-ring (bicyclic) bond motifs is 2. The van der Waals surface area contributed by atoms with E-state index in [0.29, 0.717) is 17.8 Å². The Morgan fingerprint density at radius 2 is 1.69 bits per heavy atom. The van der Waals surface area contributed by atoms with Crippen LogP contribution in [0.4, 0.5) is 0 Å². The fourth-order valence-electron chi connectivity index (χ4n) is 11.1. The molecule has 5 rings (SSSR count). The number of aliphatic hydroxyl groups is 2. The number of methoxy groups -OCH3 is 1. The smallest absolute Gasteiger partial charge is 0.312 e. The number of rotatable bonds is 6. The van der Waals surface area contributed by atoms with Crippen molar-refractivity contribution in [3.63, 3.8) is 0 Å². The molecule has 5 nitrogen and oxygen atoms in total. The van der Waals surface area contributed by atoms with Crippen LogP contribution in [-0.4, -0.2) is 46.2 Å². The molecule has 0 heterocycles. The third-order valence-electron chi connectivity index (χ3n) is 13.6. The fraction of sp³-hybridized carbons (Fsp3) is 0.903. The third-order valence-corrected chi connectivity index (χ3v) is 13.6. The number of carboxylic acids is 1. The van der Waals surface area contributed by atoms with Gasteiger partial charge in [0, 0.05) is 18.9 Å². The molecule has 5 fully saturated rings. The maximum Gasteiger partial charge on any atom is 0.312 e. The molecule has 0 radical (unpaired) electrons. The van der Waals surface area contributed by atoms with Gasteiger partial charge in [0.25, 0.3) is 0 Å². The van der Waals surface area contributed by atoms with E-state index in [1.807, 2.05) is 0 Å². The highest BCUT2D eigenvalue weighted by Crippen LogP contribution is 2.89. The Bertz CT molecular complexity index is 943. The van der Waals surface area contributed by atoms with E-state index in [9.17, 15) is 20.1 Å². The predicted octanol–water partition coefficient (Wildman–Crippen LogP) is 5.83. The SMILES string of the molecule is COC(C)(C)/C=C/C[C@@H](C)[C@H]1CC[C@@]2(C)[C@@H]3CC[C@H]4[C@](C)(C(=O)O)[C@@H](O)C[C@H](O)[C@@]45C[C@@]35CC[C@]12C. The molecule has 5 saturated carbocycles. The summed E-state index contributed by atoms with van der Waals surface area (Å²) in [6.45, 7) is 13.5. The van der Waals surface area contributed by atoms with Crippen LogP contribution < -0.4 is 0 Å². The van der Waals surface area contributed by atoms with Gasteiger partial charge in [0.05, 0.1) is 23.2 Å². The van der Waals surface area contributed by atoms with Gasteiger partial charge in [-0.2, -0.15) is 0 Å². The van der Waals surface area contributed by atoms with E-state index in [1.165, 1.54) is 12.8 Å². The summed E-state index contributed by atoms with van der Waals surface area (Å²) in [6, 6.07) is 0. The number of ether oxygens (including phenoxy) is 1. The first-order valence-electron chi connectivity index (χ1n) is 14.5. The minimum Gasteiger partial charge on any atom is -0.481 e. The summed E-state index contributed by atoms with van der Waals surface area (Å²) < 4.78 is 5.57. The summed E-state index contributed by atoms with van der Waals surface area (Å²) >= 11 is 0. The average molecular weight is 503 g/mol. The normalized spacial score (nSPS) is 52.8. The molecule has 11 atom stereocenters. The van der Waals surface area contributed by atoms with Gasteiger partial charge in [0.1, 0.15) is 0 Å². The molecule has 0 saturated heterocycles. The quantitative estimate of drug-likeness (QED) is 0.398. The lowest BCUT2D eigenvalue weighted by atomic mass is 9.41. The minimum absolute atomic E-state index is 0.0426. The largest absolute Gasteiger partial charge is 0.481 e. The first-order valence-corrected chi connectivity index (χ1v) is 14.5. The standard InChI is InChI=1S/C31H50O5/c1-19(9-8-13-26(2,3)36-7)20-12-14-28(5)21-10-11-22-29(6,25(34)35)23(32)17-24(33)31(22)18-30(21,31)16-15-27(20,28)4/h8,13,19-24,32-33H,9-12,14-18H2,1-7H3,(H,34,35)/b13-8+/t19-,20-,21+,22+,23+,24+,27-,28+,29+,30+,31-/m1/s1. The summed E-state index contributed by atoms with van der Waals surface area (Å²) in [4.78, 5) is 12.5. The molecule has 36 heavy (non-hydrogen) atoms. The van der Waals surface area contributed by atoms with E-state index >= 15 is 0 Å². The molecule has 0 aromatic heterocycles. The Hall–Kier alpha value is -0.910. The maximum absolute atomic E-state index is 12.5.